The summed E-state index contributed by atoms with van der Waals surface area (Å²) in [6.07, 6.45) is 0. The fraction of sp³-hybridized carbons (Fsp3) is 0.929. The van der Waals surface area contributed by atoms with Crippen molar-refractivity contribution >= 4 is 5.97 Å². The summed E-state index contributed by atoms with van der Waals surface area (Å²) < 4.78 is 8.93. The molecule has 6 nitrogen and oxygen atoms in total. The number of hydrogen-bond donors (Lipinski definition) is 2. The Kier molecular flexibility index (Phi) is 42.3. The molecular weight excluding hydrogens is 260 g/mol. The lowest BCUT2D eigenvalue weighted by Crippen LogP contribution is -2.13. The van der Waals surface area contributed by atoms with Gasteiger partial charge in [-0.3, -0.25) is 4.90 Å². The Hall–Kier alpha value is -0.690. The molecule has 0 amide bonds. The zero-order chi connectivity index (χ0) is 15.0. The zero-order valence-electron chi connectivity index (χ0n) is 12.8. The van der Waals surface area contributed by atoms with Crippen LogP contribution in [0.25, 0.3) is 0 Å². The maximum absolute atomic E-state index is 9.47. The second-order valence-electron chi connectivity index (χ2n) is 4.28. The molecule has 0 aliphatic heterocycles. The first-order valence-corrected chi connectivity index (χ1v) is 5.80. The first-order chi connectivity index (χ1) is 8.31. The molecule has 0 aromatic rings. The van der Waals surface area contributed by atoms with Gasteiger partial charge < -0.3 is 19.9 Å². The first-order valence-electron chi connectivity index (χ1n) is 5.80. The predicted molar refractivity (Wildman–Crippen MR) is 87.3 cm³/mol. The van der Waals surface area contributed by atoms with Gasteiger partial charge in [0.25, 0.3) is 0 Å². The van der Waals surface area contributed by atoms with Gasteiger partial charge in [-0.05, 0) is 33.6 Å². The average molecular weight is 298 g/mol. The van der Waals surface area contributed by atoms with Crippen LogP contribution < -0.4 is 5.32 Å². The summed E-state index contributed by atoms with van der Waals surface area (Å²) in [5, 5.41) is 10.9. The fourth-order valence-electron chi connectivity index (χ4n) is 0.790. The molecule has 0 heterocycles. The molecule has 0 fully saturated rings. The quantitative estimate of drug-likeness (QED) is 0.731. The van der Waals surface area contributed by atoms with Gasteiger partial charge in [-0.15, -0.1) is 0 Å². The second-order valence-corrected chi connectivity index (χ2v) is 4.28. The molecule has 0 aromatic carbocycles. The lowest BCUT2D eigenvalue weighted by Gasteiger charge is -2.04. The summed E-state index contributed by atoms with van der Waals surface area (Å²) in [4.78, 5) is 11.4. The first kappa shape index (κ1) is 31.6. The standard InChI is InChI=1S/C5H13N.C4H11NO.C3H6O3.2CH4/c2*1-5(2)4-6-3;1-6-2-3(4)5;;/h5-6H,4H2,1-3H3;4H2,1-3H3;2H2,1H3,(H,4,5);2*1H4. The van der Waals surface area contributed by atoms with E-state index in [1.807, 2.05) is 26.0 Å². The van der Waals surface area contributed by atoms with Gasteiger partial charge in [-0.1, -0.05) is 28.7 Å². The van der Waals surface area contributed by atoms with E-state index >= 15 is 0 Å². The Labute approximate surface area is 126 Å². The van der Waals surface area contributed by atoms with Crippen LogP contribution in [0.4, 0.5) is 0 Å². The molecule has 0 saturated carbocycles. The van der Waals surface area contributed by atoms with Crippen molar-refractivity contribution in [1.82, 2.24) is 10.2 Å². The number of ether oxygens (including phenoxy) is 2. The van der Waals surface area contributed by atoms with E-state index in [-0.39, 0.29) is 21.5 Å². The molecule has 0 aliphatic carbocycles. The third kappa shape index (κ3) is 66.7. The third-order valence-corrected chi connectivity index (χ3v) is 1.27. The molecular formula is C14H38N2O4. The highest BCUT2D eigenvalue weighted by Gasteiger charge is 1.87. The number of carbonyl (C=O) groups is 1. The summed E-state index contributed by atoms with van der Waals surface area (Å²) in [6.45, 7) is 6.01. The highest BCUT2D eigenvalue weighted by Crippen LogP contribution is 1.83. The van der Waals surface area contributed by atoms with Crippen LogP contribution in [0.1, 0.15) is 28.7 Å². The Morgan fingerprint density at radius 2 is 1.65 bits per heavy atom. The van der Waals surface area contributed by atoms with Crippen molar-refractivity contribution in [2.24, 2.45) is 5.92 Å². The van der Waals surface area contributed by atoms with Crippen LogP contribution in [-0.4, -0.2) is 71.2 Å². The van der Waals surface area contributed by atoms with Gasteiger partial charge in [-0.25, -0.2) is 4.79 Å². The lowest BCUT2D eigenvalue weighted by atomic mass is 10.2. The van der Waals surface area contributed by atoms with E-state index in [2.05, 4.69) is 23.9 Å². The largest absolute Gasteiger partial charge is 0.480 e. The zero-order valence-corrected chi connectivity index (χ0v) is 12.8. The van der Waals surface area contributed by atoms with Gasteiger partial charge in [0, 0.05) is 14.2 Å². The monoisotopic (exact) mass is 298 g/mol. The third-order valence-electron chi connectivity index (χ3n) is 1.27. The fourth-order valence-corrected chi connectivity index (χ4v) is 0.790. The molecule has 0 spiro atoms. The molecule has 0 saturated heterocycles. The van der Waals surface area contributed by atoms with Gasteiger partial charge in [0.15, 0.2) is 0 Å². The molecule has 0 aliphatic rings. The minimum Gasteiger partial charge on any atom is -0.480 e. The summed E-state index contributed by atoms with van der Waals surface area (Å²) in [7, 11) is 8.92. The van der Waals surface area contributed by atoms with Gasteiger partial charge in [0.2, 0.25) is 0 Å². The van der Waals surface area contributed by atoms with E-state index in [1.165, 1.54) is 7.11 Å². The Balaban J connectivity index is -0.0000000536. The number of carboxylic acids is 1. The summed E-state index contributed by atoms with van der Waals surface area (Å²) >= 11 is 0. The molecule has 0 unspecified atom stereocenters. The van der Waals surface area contributed by atoms with E-state index in [0.717, 1.165) is 12.5 Å². The molecule has 0 radical (unpaired) electrons. The minimum atomic E-state index is -0.933. The van der Waals surface area contributed by atoms with Crippen LogP contribution in [0.5, 0.6) is 0 Å². The normalized spacial score (nSPS) is 8.45. The molecule has 20 heavy (non-hydrogen) atoms. The number of nitrogens with one attached hydrogen (secondary N) is 1. The number of methoxy groups -OCH3 is 2. The molecule has 2 N–H and O–H groups in total. The minimum absolute atomic E-state index is 0. The summed E-state index contributed by atoms with van der Waals surface area (Å²) in [5.41, 5.74) is 0. The van der Waals surface area contributed by atoms with Crippen molar-refractivity contribution in [2.45, 2.75) is 28.7 Å². The molecule has 0 aromatic heterocycles. The van der Waals surface area contributed by atoms with Gasteiger partial charge >= 0.3 is 5.97 Å². The van der Waals surface area contributed by atoms with Gasteiger partial charge in [0.05, 0.1) is 6.73 Å². The average Bonchev–Trinajstić information content (AvgIpc) is 2.18. The SMILES string of the molecule is C.C.CNCC(C)C.COCC(=O)O.COCN(C)C. The maximum atomic E-state index is 9.47. The number of carboxylic acid groups (broad SMARTS) is 1. The molecule has 0 bridgehead atoms. The van der Waals surface area contributed by atoms with Crippen LogP contribution >= 0.6 is 0 Å². The van der Waals surface area contributed by atoms with E-state index in [1.54, 1.807) is 7.11 Å². The Morgan fingerprint density at radius 1 is 1.20 bits per heavy atom. The van der Waals surface area contributed by atoms with Crippen molar-refractivity contribution in [3.8, 4) is 0 Å². The van der Waals surface area contributed by atoms with Crippen molar-refractivity contribution in [3.63, 3.8) is 0 Å². The Bertz CT molecular complexity index is 155. The molecule has 6 heteroatoms. The maximum Gasteiger partial charge on any atom is 0.329 e. The summed E-state index contributed by atoms with van der Waals surface area (Å²) in [6, 6.07) is 0. The van der Waals surface area contributed by atoms with Crippen molar-refractivity contribution in [3.05, 3.63) is 0 Å². The van der Waals surface area contributed by atoms with Crippen LogP contribution in [0.15, 0.2) is 0 Å². The number of nitrogens with zero attached hydrogens (tertiary/aromatic N) is 1. The topological polar surface area (TPSA) is 71.0 Å². The second kappa shape index (κ2) is 26.8. The number of hydrogen-bond acceptors (Lipinski definition) is 5. The van der Waals surface area contributed by atoms with E-state index in [4.69, 9.17) is 9.84 Å². The lowest BCUT2D eigenvalue weighted by molar-refractivity contribution is -0.141. The van der Waals surface area contributed by atoms with E-state index < -0.39 is 5.97 Å². The molecule has 0 atom stereocenters. The van der Waals surface area contributed by atoms with Gasteiger partial charge in [0.1, 0.15) is 6.61 Å². The Morgan fingerprint density at radius 3 is 1.65 bits per heavy atom. The van der Waals surface area contributed by atoms with E-state index in [0.29, 0.717) is 6.73 Å². The van der Waals surface area contributed by atoms with Crippen LogP contribution in [-0.2, 0) is 14.3 Å². The van der Waals surface area contributed by atoms with Crippen molar-refractivity contribution in [1.29, 1.82) is 0 Å². The highest BCUT2D eigenvalue weighted by atomic mass is 16.5. The molecule has 128 valence electrons. The number of aliphatic carboxylic acids is 1. The van der Waals surface area contributed by atoms with Crippen LogP contribution in [0, 0.1) is 5.92 Å². The van der Waals surface area contributed by atoms with Crippen LogP contribution in [0.2, 0.25) is 0 Å². The van der Waals surface area contributed by atoms with Gasteiger partial charge in [-0.2, -0.15) is 0 Å². The van der Waals surface area contributed by atoms with Crippen molar-refractivity contribution < 1.29 is 19.4 Å². The number of rotatable bonds is 6. The van der Waals surface area contributed by atoms with Crippen LogP contribution in [0.3, 0.4) is 0 Å². The van der Waals surface area contributed by atoms with Crippen molar-refractivity contribution in [2.75, 3.05) is 55.2 Å². The smallest absolute Gasteiger partial charge is 0.329 e. The molecule has 0 rings (SSSR count). The highest BCUT2D eigenvalue weighted by molar-refractivity contribution is 5.67. The van der Waals surface area contributed by atoms with E-state index in [9.17, 15) is 4.79 Å². The predicted octanol–water partition coefficient (Wildman–Crippen LogP) is 2.00. The summed E-state index contributed by atoms with van der Waals surface area (Å²) in [5.74, 6) is -0.146.